The Morgan fingerprint density at radius 1 is 1.53 bits per heavy atom. The van der Waals surface area contributed by atoms with Gasteiger partial charge in [0.25, 0.3) is 0 Å². The van der Waals surface area contributed by atoms with Gasteiger partial charge in [-0.2, -0.15) is 5.26 Å². The average molecular weight is 217 g/mol. The zero-order valence-corrected chi connectivity index (χ0v) is 7.59. The van der Waals surface area contributed by atoms with E-state index in [1.54, 1.807) is 6.07 Å². The number of nitriles is 1. The van der Waals surface area contributed by atoms with Gasteiger partial charge in [-0.25, -0.2) is 4.98 Å². The third-order valence-electron chi connectivity index (χ3n) is 1.56. The molecule has 7 heteroatoms. The lowest BCUT2D eigenvalue weighted by Crippen LogP contribution is -2.19. The maximum atomic E-state index is 11.9. The molecule has 1 heterocycles. The molecule has 0 radical (unpaired) electrons. The number of ether oxygens (including phenoxy) is 1. The lowest BCUT2D eigenvalue weighted by Gasteiger charge is -2.11. The van der Waals surface area contributed by atoms with Crippen molar-refractivity contribution in [2.75, 3.05) is 5.73 Å². The van der Waals surface area contributed by atoms with E-state index >= 15 is 0 Å². The predicted octanol–water partition coefficient (Wildman–Crippen LogP) is 1.74. The van der Waals surface area contributed by atoms with Crippen LogP contribution in [0.4, 0.5) is 18.9 Å². The molecular formula is C8H6F3N3O. The van der Waals surface area contributed by atoms with Gasteiger partial charge in [0, 0.05) is 0 Å². The van der Waals surface area contributed by atoms with Gasteiger partial charge < -0.3 is 10.5 Å². The summed E-state index contributed by atoms with van der Waals surface area (Å²) in [5.74, 6) is -0.793. The number of hydrogen-bond donors (Lipinski definition) is 1. The van der Waals surface area contributed by atoms with E-state index in [2.05, 4.69) is 9.72 Å². The molecule has 0 bridgehead atoms. The van der Waals surface area contributed by atoms with Crippen LogP contribution in [0, 0.1) is 18.3 Å². The molecule has 80 valence electrons. The summed E-state index contributed by atoms with van der Waals surface area (Å²) in [6.45, 7) is 1.46. The monoisotopic (exact) mass is 217 g/mol. The number of halogens is 3. The highest BCUT2D eigenvalue weighted by molar-refractivity contribution is 5.56. The normalized spacial score (nSPS) is 10.9. The van der Waals surface area contributed by atoms with Gasteiger partial charge in [-0.1, -0.05) is 0 Å². The van der Waals surface area contributed by atoms with Crippen LogP contribution in [0.5, 0.6) is 5.88 Å². The number of hydrogen-bond acceptors (Lipinski definition) is 4. The smallest absolute Gasteiger partial charge is 0.394 e. The summed E-state index contributed by atoms with van der Waals surface area (Å²) in [7, 11) is 0. The van der Waals surface area contributed by atoms with Crippen molar-refractivity contribution in [3.05, 3.63) is 17.3 Å². The van der Waals surface area contributed by atoms with Crippen LogP contribution < -0.4 is 10.5 Å². The molecular weight excluding hydrogens is 211 g/mol. The van der Waals surface area contributed by atoms with Crippen molar-refractivity contribution >= 4 is 5.69 Å². The van der Waals surface area contributed by atoms with Crippen molar-refractivity contribution in [3.8, 4) is 11.9 Å². The third kappa shape index (κ3) is 2.74. The Morgan fingerprint density at radius 2 is 2.13 bits per heavy atom. The number of nitrogen functional groups attached to an aromatic ring is 1. The van der Waals surface area contributed by atoms with Crippen molar-refractivity contribution in [2.45, 2.75) is 13.3 Å². The van der Waals surface area contributed by atoms with Crippen LogP contribution in [0.1, 0.15) is 11.3 Å². The number of pyridine rings is 1. The average Bonchev–Trinajstić information content (AvgIpc) is 2.10. The second-order valence-corrected chi connectivity index (χ2v) is 2.70. The molecule has 0 spiro atoms. The minimum absolute atomic E-state index is 0.180. The lowest BCUT2D eigenvalue weighted by molar-refractivity contribution is -0.275. The molecule has 0 saturated heterocycles. The first-order chi connectivity index (χ1) is 6.83. The SMILES string of the molecule is Cc1cc(C#N)nc(OC(F)(F)F)c1N. The second kappa shape index (κ2) is 3.65. The predicted molar refractivity (Wildman–Crippen MR) is 44.8 cm³/mol. The molecule has 0 unspecified atom stereocenters. The molecule has 0 aliphatic heterocycles. The number of aromatic nitrogens is 1. The van der Waals surface area contributed by atoms with Gasteiger partial charge in [0.15, 0.2) is 0 Å². The Kier molecular flexibility index (Phi) is 2.70. The molecule has 4 nitrogen and oxygen atoms in total. The zero-order valence-electron chi connectivity index (χ0n) is 7.59. The minimum atomic E-state index is -4.87. The topological polar surface area (TPSA) is 71.9 Å². The Labute approximate surface area is 83.1 Å². The second-order valence-electron chi connectivity index (χ2n) is 2.70. The molecule has 0 aliphatic rings. The molecule has 0 aliphatic carbocycles. The molecule has 1 aromatic rings. The van der Waals surface area contributed by atoms with Crippen LogP contribution in [0.25, 0.3) is 0 Å². The van der Waals surface area contributed by atoms with E-state index in [9.17, 15) is 13.2 Å². The molecule has 15 heavy (non-hydrogen) atoms. The van der Waals surface area contributed by atoms with E-state index in [4.69, 9.17) is 11.0 Å². The first-order valence-electron chi connectivity index (χ1n) is 3.76. The Balaban J connectivity index is 3.18. The number of nitrogens with two attached hydrogens (primary N) is 1. The summed E-state index contributed by atoms with van der Waals surface area (Å²) in [4.78, 5) is 3.31. The van der Waals surface area contributed by atoms with E-state index < -0.39 is 12.2 Å². The minimum Gasteiger partial charge on any atom is -0.394 e. The quantitative estimate of drug-likeness (QED) is 0.777. The highest BCUT2D eigenvalue weighted by atomic mass is 19.4. The van der Waals surface area contributed by atoms with Crippen LogP contribution in [0.15, 0.2) is 6.07 Å². The van der Waals surface area contributed by atoms with E-state index in [0.29, 0.717) is 5.56 Å². The number of anilines is 1. The molecule has 0 saturated carbocycles. The van der Waals surface area contributed by atoms with Gasteiger partial charge >= 0.3 is 6.36 Å². The van der Waals surface area contributed by atoms with E-state index in [1.807, 2.05) is 0 Å². The van der Waals surface area contributed by atoms with Crippen molar-refractivity contribution < 1.29 is 17.9 Å². The first kappa shape index (κ1) is 11.1. The Hall–Kier alpha value is -1.97. The van der Waals surface area contributed by atoms with E-state index in [-0.39, 0.29) is 11.4 Å². The summed E-state index contributed by atoms with van der Waals surface area (Å²) < 4.78 is 39.2. The molecule has 1 rings (SSSR count). The highest BCUT2D eigenvalue weighted by Crippen LogP contribution is 2.28. The summed E-state index contributed by atoms with van der Waals surface area (Å²) in [6.07, 6.45) is -4.87. The zero-order chi connectivity index (χ0) is 11.6. The van der Waals surface area contributed by atoms with Gasteiger partial charge in [0.05, 0.1) is 5.69 Å². The summed E-state index contributed by atoms with van der Waals surface area (Å²) in [5.41, 5.74) is 5.21. The van der Waals surface area contributed by atoms with Crippen molar-refractivity contribution in [3.63, 3.8) is 0 Å². The largest absolute Gasteiger partial charge is 0.574 e. The van der Waals surface area contributed by atoms with Gasteiger partial charge in [0.1, 0.15) is 11.8 Å². The number of alkyl halides is 3. The van der Waals surface area contributed by atoms with Crippen LogP contribution in [-0.4, -0.2) is 11.3 Å². The van der Waals surface area contributed by atoms with Crippen LogP contribution in [0.2, 0.25) is 0 Å². The lowest BCUT2D eigenvalue weighted by atomic mass is 10.2. The van der Waals surface area contributed by atoms with E-state index in [1.165, 1.54) is 13.0 Å². The molecule has 1 aromatic heterocycles. The van der Waals surface area contributed by atoms with Crippen LogP contribution in [-0.2, 0) is 0 Å². The van der Waals surface area contributed by atoms with Crippen molar-refractivity contribution in [1.82, 2.24) is 4.98 Å². The fraction of sp³-hybridized carbons (Fsp3) is 0.250. The molecule has 0 fully saturated rings. The summed E-state index contributed by atoms with van der Waals surface area (Å²) in [5, 5.41) is 8.49. The fourth-order valence-electron chi connectivity index (χ4n) is 0.898. The van der Waals surface area contributed by atoms with Gasteiger partial charge in [0.2, 0.25) is 5.88 Å². The van der Waals surface area contributed by atoms with Gasteiger partial charge in [-0.3, -0.25) is 0 Å². The molecule has 2 N–H and O–H groups in total. The molecule has 0 atom stereocenters. The Morgan fingerprint density at radius 3 is 2.60 bits per heavy atom. The van der Waals surface area contributed by atoms with Gasteiger partial charge in [-0.05, 0) is 18.6 Å². The summed E-state index contributed by atoms with van der Waals surface area (Å²) >= 11 is 0. The van der Waals surface area contributed by atoms with E-state index in [0.717, 1.165) is 0 Å². The molecule has 0 aromatic carbocycles. The van der Waals surface area contributed by atoms with Crippen LogP contribution >= 0.6 is 0 Å². The first-order valence-corrected chi connectivity index (χ1v) is 3.76. The molecule has 0 amide bonds. The number of rotatable bonds is 1. The maximum absolute atomic E-state index is 11.9. The highest BCUT2D eigenvalue weighted by Gasteiger charge is 2.33. The van der Waals surface area contributed by atoms with Crippen LogP contribution in [0.3, 0.4) is 0 Å². The number of aryl methyl sites for hydroxylation is 1. The Bertz CT molecular complexity index is 422. The number of nitrogens with zero attached hydrogens (tertiary/aromatic N) is 2. The standard InChI is InChI=1S/C8H6F3N3O/c1-4-2-5(3-12)14-7(6(4)13)15-8(9,10)11/h2H,13H2,1H3. The summed E-state index contributed by atoms with van der Waals surface area (Å²) in [6, 6.07) is 2.88. The maximum Gasteiger partial charge on any atom is 0.574 e. The van der Waals surface area contributed by atoms with Gasteiger partial charge in [-0.15, -0.1) is 13.2 Å². The fourth-order valence-corrected chi connectivity index (χ4v) is 0.898. The van der Waals surface area contributed by atoms with Crippen molar-refractivity contribution in [2.24, 2.45) is 0 Å². The third-order valence-corrected chi connectivity index (χ3v) is 1.56. The van der Waals surface area contributed by atoms with Crippen molar-refractivity contribution in [1.29, 1.82) is 5.26 Å².